The summed E-state index contributed by atoms with van der Waals surface area (Å²) >= 11 is 0. The third-order valence-electron chi connectivity index (χ3n) is 8.56. The quantitative estimate of drug-likeness (QED) is 0.336. The van der Waals surface area contributed by atoms with Crippen LogP contribution in [0.25, 0.3) is 11.1 Å². The zero-order valence-corrected chi connectivity index (χ0v) is 25.8. The van der Waals surface area contributed by atoms with Crippen LogP contribution in [0.3, 0.4) is 0 Å². The smallest absolute Gasteiger partial charge is 1.00 e. The molecule has 3 aromatic carbocycles. The molecule has 0 spiro atoms. The van der Waals surface area contributed by atoms with Gasteiger partial charge in [0.2, 0.25) is 0 Å². The van der Waals surface area contributed by atoms with Crippen LogP contribution in [-0.4, -0.2) is 0 Å². The topological polar surface area (TPSA) is 0 Å². The van der Waals surface area contributed by atoms with Crippen molar-refractivity contribution in [3.63, 3.8) is 0 Å². The Morgan fingerprint density at radius 2 is 1.50 bits per heavy atom. The average Bonchev–Trinajstić information content (AvgIpc) is 3.46. The molecule has 1 saturated carbocycles. The number of allylic oxidation sites excluding steroid dienone is 4. The van der Waals surface area contributed by atoms with Crippen LogP contribution in [0.5, 0.6) is 0 Å². The van der Waals surface area contributed by atoms with E-state index in [1.807, 2.05) is 0 Å². The minimum absolute atomic E-state index is 0. The summed E-state index contributed by atoms with van der Waals surface area (Å²) in [6.07, 6.45) is 7.41. The van der Waals surface area contributed by atoms with Crippen molar-refractivity contribution in [2.45, 2.75) is 58.8 Å². The molecule has 0 nitrogen and oxygen atoms in total. The SMILES string of the molecule is Cc1ccc(C2CC(C)(c3cccc4c3Cc3ccccc3-4)C3C=C(C(C)(C)C)C=C23)cc1.[Cl-].[Cl-].[Zr+2]. The zero-order chi connectivity index (χ0) is 23.0. The predicted molar refractivity (Wildman–Crippen MR) is 140 cm³/mol. The maximum absolute atomic E-state index is 2.62. The number of halogens is 2. The van der Waals surface area contributed by atoms with Gasteiger partial charge in [0, 0.05) is 17.3 Å². The number of aryl methyl sites for hydroxylation is 1. The van der Waals surface area contributed by atoms with E-state index in [0.717, 1.165) is 6.42 Å². The van der Waals surface area contributed by atoms with Crippen molar-refractivity contribution >= 4 is 0 Å². The van der Waals surface area contributed by atoms with Crippen LogP contribution in [0, 0.1) is 18.3 Å². The first-order valence-electron chi connectivity index (χ1n) is 12.5. The van der Waals surface area contributed by atoms with Gasteiger partial charge in [-0.2, -0.15) is 0 Å². The van der Waals surface area contributed by atoms with Crippen molar-refractivity contribution in [3.8, 4) is 11.1 Å². The second kappa shape index (κ2) is 10.4. The molecule has 3 heteroatoms. The Bertz CT molecular complexity index is 1330. The number of rotatable bonds is 2. The van der Waals surface area contributed by atoms with Gasteiger partial charge >= 0.3 is 26.2 Å². The predicted octanol–water partition coefficient (Wildman–Crippen LogP) is 2.55. The summed E-state index contributed by atoms with van der Waals surface area (Å²) in [4.78, 5) is 0. The molecule has 3 aliphatic carbocycles. The second-order valence-electron chi connectivity index (χ2n) is 11.7. The number of hydrogen-bond donors (Lipinski definition) is 0. The van der Waals surface area contributed by atoms with Crippen molar-refractivity contribution in [2.24, 2.45) is 11.3 Å². The van der Waals surface area contributed by atoms with E-state index in [2.05, 4.69) is 114 Å². The van der Waals surface area contributed by atoms with Gasteiger partial charge in [-0.25, -0.2) is 0 Å². The Morgan fingerprint density at radius 1 is 0.833 bits per heavy atom. The molecule has 0 aromatic heterocycles. The first-order chi connectivity index (χ1) is 15.8. The molecule has 1 fully saturated rings. The van der Waals surface area contributed by atoms with Crippen molar-refractivity contribution in [2.75, 3.05) is 0 Å². The summed E-state index contributed by atoms with van der Waals surface area (Å²) in [6, 6.07) is 25.3. The van der Waals surface area contributed by atoms with E-state index in [1.54, 1.807) is 16.7 Å². The molecule has 36 heavy (non-hydrogen) atoms. The molecule has 184 valence electrons. The van der Waals surface area contributed by atoms with E-state index < -0.39 is 0 Å². The van der Waals surface area contributed by atoms with Gasteiger partial charge in [-0.1, -0.05) is 118 Å². The Labute approximate surface area is 248 Å². The van der Waals surface area contributed by atoms with Gasteiger partial charge in [0.05, 0.1) is 0 Å². The fourth-order valence-electron chi connectivity index (χ4n) is 6.68. The van der Waals surface area contributed by atoms with Gasteiger partial charge in [-0.05, 0) is 64.1 Å². The fourth-order valence-corrected chi connectivity index (χ4v) is 6.68. The van der Waals surface area contributed by atoms with Gasteiger partial charge < -0.3 is 24.8 Å². The van der Waals surface area contributed by atoms with Crippen molar-refractivity contribution < 1.29 is 51.0 Å². The van der Waals surface area contributed by atoms with Crippen LogP contribution < -0.4 is 24.8 Å². The van der Waals surface area contributed by atoms with E-state index in [-0.39, 0.29) is 61.8 Å². The van der Waals surface area contributed by atoms with E-state index in [1.165, 1.54) is 39.8 Å². The number of benzene rings is 3. The average molecular weight is 593 g/mol. The molecule has 0 bridgehead atoms. The van der Waals surface area contributed by atoms with Crippen LogP contribution in [-0.2, 0) is 38.0 Å². The Morgan fingerprint density at radius 3 is 2.19 bits per heavy atom. The van der Waals surface area contributed by atoms with Gasteiger partial charge in [0.15, 0.2) is 0 Å². The van der Waals surface area contributed by atoms with Crippen LogP contribution in [0.4, 0.5) is 0 Å². The summed E-state index contributed by atoms with van der Waals surface area (Å²) < 4.78 is 0. The van der Waals surface area contributed by atoms with Crippen LogP contribution in [0.15, 0.2) is 90.0 Å². The molecule has 0 amide bonds. The largest absolute Gasteiger partial charge is 2.00 e. The number of fused-ring (bicyclic) bond motifs is 4. The third-order valence-corrected chi connectivity index (χ3v) is 8.56. The molecule has 0 saturated heterocycles. The van der Waals surface area contributed by atoms with Gasteiger partial charge in [-0.15, -0.1) is 0 Å². The van der Waals surface area contributed by atoms with Gasteiger partial charge in [0.25, 0.3) is 0 Å². The van der Waals surface area contributed by atoms with E-state index in [4.69, 9.17) is 0 Å². The summed E-state index contributed by atoms with van der Waals surface area (Å²) in [6.45, 7) is 11.8. The molecule has 0 N–H and O–H groups in total. The molecule has 3 aromatic rings. The second-order valence-corrected chi connectivity index (χ2v) is 11.7. The third kappa shape index (κ3) is 4.55. The van der Waals surface area contributed by atoms with Crippen molar-refractivity contribution in [1.82, 2.24) is 0 Å². The summed E-state index contributed by atoms with van der Waals surface area (Å²) in [5.74, 6) is 0.949. The minimum atomic E-state index is 0. The maximum Gasteiger partial charge on any atom is 2.00 e. The molecule has 0 heterocycles. The normalized spacial score (nSPS) is 23.2. The van der Waals surface area contributed by atoms with Crippen molar-refractivity contribution in [1.29, 1.82) is 0 Å². The Balaban J connectivity index is 0.00000120. The van der Waals surface area contributed by atoms with E-state index in [0.29, 0.717) is 11.8 Å². The van der Waals surface area contributed by atoms with E-state index in [9.17, 15) is 0 Å². The molecular weight excluding hydrogens is 558 g/mol. The molecule has 6 rings (SSSR count). The fraction of sp³-hybridized carbons (Fsp3) is 0.333. The summed E-state index contributed by atoms with van der Waals surface area (Å²) in [5.41, 5.74) is 13.7. The standard InChI is InChI=1S/C33H34.2ClH.Zr/c1-21-13-15-22(16-14-21)29-20-33(5,31-19-24(18-28(29)31)32(2,3)4)30-12-8-11-26-25-10-7-6-9-23(25)17-27(26)30;;;/h6-16,18-19,29,31H,17,20H2,1-5H3;2*1H;/q;;;+2/p-2. The van der Waals surface area contributed by atoms with Crippen LogP contribution in [0.1, 0.15) is 67.9 Å². The molecule has 3 aliphatic rings. The van der Waals surface area contributed by atoms with Crippen LogP contribution >= 0.6 is 0 Å². The summed E-state index contributed by atoms with van der Waals surface area (Å²) in [7, 11) is 0. The number of hydrogen-bond acceptors (Lipinski definition) is 0. The van der Waals surface area contributed by atoms with Gasteiger partial charge in [0.1, 0.15) is 0 Å². The van der Waals surface area contributed by atoms with E-state index >= 15 is 0 Å². The summed E-state index contributed by atoms with van der Waals surface area (Å²) in [5, 5.41) is 0. The Kier molecular flexibility index (Phi) is 8.43. The first-order valence-corrected chi connectivity index (χ1v) is 12.5. The van der Waals surface area contributed by atoms with Gasteiger partial charge in [-0.3, -0.25) is 0 Å². The first kappa shape index (κ1) is 29.2. The monoisotopic (exact) mass is 590 g/mol. The van der Waals surface area contributed by atoms with Crippen molar-refractivity contribution in [3.05, 3.63) is 118 Å². The molecule has 3 atom stereocenters. The molecular formula is C33H34Cl2Zr. The minimum Gasteiger partial charge on any atom is -1.00 e. The molecule has 0 aliphatic heterocycles. The maximum atomic E-state index is 2.62. The molecule has 0 radical (unpaired) electrons. The van der Waals surface area contributed by atoms with Crippen LogP contribution in [0.2, 0.25) is 0 Å². The Hall–Kier alpha value is -1.40. The molecule has 3 unspecified atom stereocenters. The zero-order valence-electron chi connectivity index (χ0n) is 21.8.